The quantitative estimate of drug-likeness (QED) is 0.363. The number of rotatable bonds is 9. The molecule has 5 rings (SSSR count). The van der Waals surface area contributed by atoms with Crippen LogP contribution in [0.15, 0.2) is 116 Å². The van der Waals surface area contributed by atoms with Crippen molar-refractivity contribution in [1.82, 2.24) is 10.2 Å². The first-order valence-corrected chi connectivity index (χ1v) is 13.9. The van der Waals surface area contributed by atoms with Crippen LogP contribution in [0.1, 0.15) is 36.0 Å². The Morgan fingerprint density at radius 3 is 2.40 bits per heavy atom. The molecule has 3 aromatic carbocycles. The molecular weight excluding hydrogens is 499 g/mol. The number of carbonyl (C=O) groups is 1. The van der Waals surface area contributed by atoms with E-state index in [0.717, 1.165) is 49.3 Å². The SMILES string of the molecule is C=C1C=CN(c2cccc(C3(NC(=O)C[C@H](N)Cc4ccccc4F)CCN(Cc4ccccc4)CC3)c2)C=C1. The highest BCUT2D eigenvalue weighted by atomic mass is 19.1. The van der Waals surface area contributed by atoms with Crippen LogP contribution < -0.4 is 16.0 Å². The van der Waals surface area contributed by atoms with Gasteiger partial charge in [-0.3, -0.25) is 9.69 Å². The topological polar surface area (TPSA) is 61.6 Å². The van der Waals surface area contributed by atoms with E-state index in [1.54, 1.807) is 18.2 Å². The number of allylic oxidation sites excluding steroid dienone is 3. The average Bonchev–Trinajstić information content (AvgIpc) is 2.96. The van der Waals surface area contributed by atoms with Crippen molar-refractivity contribution in [3.63, 3.8) is 0 Å². The highest BCUT2D eigenvalue weighted by Gasteiger charge is 2.38. The first-order chi connectivity index (χ1) is 19.4. The number of nitrogens with two attached hydrogens (primary N) is 1. The van der Waals surface area contributed by atoms with Crippen molar-refractivity contribution in [2.75, 3.05) is 18.0 Å². The first kappa shape index (κ1) is 27.6. The van der Waals surface area contributed by atoms with E-state index < -0.39 is 11.6 Å². The minimum atomic E-state index is -0.523. The van der Waals surface area contributed by atoms with Gasteiger partial charge in [0.1, 0.15) is 5.82 Å². The van der Waals surface area contributed by atoms with Crippen LogP contribution in [-0.4, -0.2) is 29.9 Å². The lowest BCUT2D eigenvalue weighted by Gasteiger charge is -2.43. The first-order valence-electron chi connectivity index (χ1n) is 13.9. The normalized spacial score (nSPS) is 17.6. The van der Waals surface area contributed by atoms with Gasteiger partial charge < -0.3 is 16.0 Å². The van der Waals surface area contributed by atoms with E-state index in [4.69, 9.17) is 5.73 Å². The molecule has 1 atom stereocenters. The molecule has 1 amide bonds. The van der Waals surface area contributed by atoms with Gasteiger partial charge in [0.2, 0.25) is 5.91 Å². The molecule has 3 N–H and O–H groups in total. The number of carbonyl (C=O) groups excluding carboxylic acids is 1. The Labute approximate surface area is 236 Å². The molecule has 3 aromatic rings. The van der Waals surface area contributed by atoms with Gasteiger partial charge in [-0.1, -0.05) is 67.2 Å². The van der Waals surface area contributed by atoms with Crippen molar-refractivity contribution >= 4 is 11.6 Å². The second kappa shape index (κ2) is 12.5. The van der Waals surface area contributed by atoms with Gasteiger partial charge in [0.15, 0.2) is 0 Å². The third kappa shape index (κ3) is 6.76. The maximum atomic E-state index is 14.2. The van der Waals surface area contributed by atoms with Crippen molar-refractivity contribution in [1.29, 1.82) is 0 Å². The van der Waals surface area contributed by atoms with Gasteiger partial charge in [0, 0.05) is 50.2 Å². The Balaban J connectivity index is 1.34. The van der Waals surface area contributed by atoms with Gasteiger partial charge in [-0.05, 0) is 71.9 Å². The van der Waals surface area contributed by atoms with Crippen molar-refractivity contribution in [3.8, 4) is 0 Å². The molecule has 0 radical (unpaired) electrons. The van der Waals surface area contributed by atoms with E-state index in [2.05, 4.69) is 64.2 Å². The third-order valence-electron chi connectivity index (χ3n) is 7.82. The van der Waals surface area contributed by atoms with Gasteiger partial charge in [-0.15, -0.1) is 0 Å². The fraction of sp³-hybridized carbons (Fsp3) is 0.265. The smallest absolute Gasteiger partial charge is 0.222 e. The summed E-state index contributed by atoms with van der Waals surface area (Å²) in [7, 11) is 0. The molecule has 0 unspecified atom stereocenters. The molecule has 0 saturated carbocycles. The predicted molar refractivity (Wildman–Crippen MR) is 160 cm³/mol. The molecule has 2 aliphatic rings. The monoisotopic (exact) mass is 536 g/mol. The highest BCUT2D eigenvalue weighted by Crippen LogP contribution is 2.36. The van der Waals surface area contributed by atoms with Crippen LogP contribution in [0.3, 0.4) is 0 Å². The lowest BCUT2D eigenvalue weighted by molar-refractivity contribution is -0.124. The number of piperidine rings is 1. The number of benzene rings is 3. The molecule has 2 aliphatic heterocycles. The van der Waals surface area contributed by atoms with Gasteiger partial charge in [-0.2, -0.15) is 0 Å². The molecule has 0 aromatic heterocycles. The maximum Gasteiger partial charge on any atom is 0.222 e. The van der Waals surface area contributed by atoms with Crippen LogP contribution >= 0.6 is 0 Å². The molecule has 1 fully saturated rings. The summed E-state index contributed by atoms with van der Waals surface area (Å²) >= 11 is 0. The van der Waals surface area contributed by atoms with E-state index in [-0.39, 0.29) is 18.1 Å². The molecule has 2 heterocycles. The van der Waals surface area contributed by atoms with Gasteiger partial charge in [0.25, 0.3) is 0 Å². The van der Waals surface area contributed by atoms with Crippen LogP contribution in [-0.2, 0) is 23.3 Å². The summed E-state index contributed by atoms with van der Waals surface area (Å²) < 4.78 is 14.2. The lowest BCUT2D eigenvalue weighted by atomic mass is 9.80. The number of hydrogen-bond donors (Lipinski definition) is 2. The van der Waals surface area contributed by atoms with Gasteiger partial charge in [0.05, 0.1) is 5.54 Å². The van der Waals surface area contributed by atoms with Crippen molar-refractivity contribution in [2.45, 2.75) is 43.8 Å². The van der Waals surface area contributed by atoms with E-state index in [1.807, 2.05) is 36.7 Å². The predicted octanol–water partition coefficient (Wildman–Crippen LogP) is 5.80. The Bertz CT molecular complexity index is 1380. The van der Waals surface area contributed by atoms with Crippen molar-refractivity contribution in [3.05, 3.63) is 138 Å². The van der Waals surface area contributed by atoms with Crippen LogP contribution in [0.2, 0.25) is 0 Å². The molecule has 0 aliphatic carbocycles. The van der Waals surface area contributed by atoms with Crippen LogP contribution in [0.5, 0.6) is 0 Å². The minimum absolute atomic E-state index is 0.111. The molecule has 0 spiro atoms. The summed E-state index contributed by atoms with van der Waals surface area (Å²) in [4.78, 5) is 17.9. The fourth-order valence-electron chi connectivity index (χ4n) is 5.59. The van der Waals surface area contributed by atoms with Crippen molar-refractivity contribution < 1.29 is 9.18 Å². The zero-order valence-electron chi connectivity index (χ0n) is 22.8. The molecular formula is C34H37FN4O. The average molecular weight is 537 g/mol. The van der Waals surface area contributed by atoms with E-state index in [9.17, 15) is 9.18 Å². The summed E-state index contributed by atoms with van der Waals surface area (Å²) in [6.07, 6.45) is 9.94. The largest absolute Gasteiger partial charge is 0.346 e. The van der Waals surface area contributed by atoms with Gasteiger partial charge in [-0.25, -0.2) is 4.39 Å². The number of hydrogen-bond acceptors (Lipinski definition) is 4. The highest BCUT2D eigenvalue weighted by molar-refractivity contribution is 5.78. The number of nitrogens with zero attached hydrogens (tertiary/aromatic N) is 2. The second-order valence-electron chi connectivity index (χ2n) is 10.8. The lowest BCUT2D eigenvalue weighted by Crippen LogP contribution is -2.53. The summed E-state index contributed by atoms with van der Waals surface area (Å²) in [6, 6.07) is 25.0. The summed E-state index contributed by atoms with van der Waals surface area (Å²) in [6.45, 7) is 6.57. The molecule has 5 nitrogen and oxygen atoms in total. The summed E-state index contributed by atoms with van der Waals surface area (Å²) in [5.41, 5.74) is 10.7. The molecule has 40 heavy (non-hydrogen) atoms. The van der Waals surface area contributed by atoms with Crippen LogP contribution in [0, 0.1) is 5.82 Å². The number of amides is 1. The Hall–Kier alpha value is -4.00. The van der Waals surface area contributed by atoms with E-state index in [1.165, 1.54) is 11.6 Å². The van der Waals surface area contributed by atoms with Crippen LogP contribution in [0.25, 0.3) is 0 Å². The standard InChI is InChI=1S/C34H37FN4O/c1-26-14-18-39(19-15-26)31-12-7-11-29(23-31)34(16-20-38(21-17-34)25-27-8-3-2-4-9-27)37-33(40)24-30(36)22-28-10-5-6-13-32(28)35/h2-15,18-19,23,30H,1,16-17,20-22,24-25,36H2,(H,37,40)/t30-/m1/s1. The fourth-order valence-corrected chi connectivity index (χ4v) is 5.59. The molecule has 6 heteroatoms. The Morgan fingerprint density at radius 2 is 1.68 bits per heavy atom. The summed E-state index contributed by atoms with van der Waals surface area (Å²) in [5, 5.41) is 3.39. The molecule has 206 valence electrons. The number of likely N-dealkylation sites (tertiary alicyclic amines) is 1. The number of halogens is 1. The minimum Gasteiger partial charge on any atom is -0.346 e. The maximum absolute atomic E-state index is 14.2. The van der Waals surface area contributed by atoms with E-state index >= 15 is 0 Å². The Kier molecular flexibility index (Phi) is 8.58. The third-order valence-corrected chi connectivity index (χ3v) is 7.82. The van der Waals surface area contributed by atoms with Crippen molar-refractivity contribution in [2.24, 2.45) is 5.73 Å². The zero-order chi connectivity index (χ0) is 28.0. The van der Waals surface area contributed by atoms with Gasteiger partial charge >= 0.3 is 0 Å². The second-order valence-corrected chi connectivity index (χ2v) is 10.8. The Morgan fingerprint density at radius 1 is 0.975 bits per heavy atom. The number of nitrogens with one attached hydrogen (secondary N) is 1. The summed E-state index contributed by atoms with van der Waals surface area (Å²) in [5.74, 6) is -0.401. The van der Waals surface area contributed by atoms with Crippen LogP contribution in [0.4, 0.5) is 10.1 Å². The molecule has 0 bridgehead atoms. The number of anilines is 1. The molecule has 1 saturated heterocycles. The van der Waals surface area contributed by atoms with E-state index in [0.29, 0.717) is 12.0 Å². The zero-order valence-corrected chi connectivity index (χ0v) is 22.8.